The highest BCUT2D eigenvalue weighted by molar-refractivity contribution is 4.74. The van der Waals surface area contributed by atoms with Crippen LogP contribution < -0.4 is 5.73 Å². The van der Waals surface area contributed by atoms with E-state index in [9.17, 15) is 0 Å². The zero-order valence-electron chi connectivity index (χ0n) is 9.88. The van der Waals surface area contributed by atoms with Crippen LogP contribution in [0.25, 0.3) is 0 Å². The third kappa shape index (κ3) is 4.97. The molecule has 0 radical (unpaired) electrons. The highest BCUT2D eigenvalue weighted by Crippen LogP contribution is 2.24. The van der Waals surface area contributed by atoms with Crippen molar-refractivity contribution < 1.29 is 4.74 Å². The van der Waals surface area contributed by atoms with Crippen LogP contribution in [0.1, 0.15) is 46.5 Å². The molecular formula is C12H25NO. The number of hydrogen-bond donors (Lipinski definition) is 1. The average Bonchev–Trinajstić information content (AvgIpc) is 2.52. The van der Waals surface area contributed by atoms with E-state index >= 15 is 0 Å². The molecule has 1 aliphatic rings. The van der Waals surface area contributed by atoms with E-state index in [1.54, 1.807) is 0 Å². The van der Waals surface area contributed by atoms with Gasteiger partial charge >= 0.3 is 0 Å². The van der Waals surface area contributed by atoms with E-state index in [2.05, 4.69) is 20.8 Å². The molecule has 2 N–H and O–H groups in total. The van der Waals surface area contributed by atoms with Gasteiger partial charge in [0.1, 0.15) is 0 Å². The molecule has 1 heterocycles. The Bertz CT molecular complexity index is 156. The smallest absolute Gasteiger partial charge is 0.0495 e. The average molecular weight is 199 g/mol. The van der Waals surface area contributed by atoms with Gasteiger partial charge in [-0.2, -0.15) is 0 Å². The molecule has 0 aliphatic carbocycles. The summed E-state index contributed by atoms with van der Waals surface area (Å²) < 4.78 is 5.35. The standard InChI is InChI=1S/C12H25NO/c1-12(2,3)6-4-11(13)8-10-5-7-14-9-10/h10-11H,4-9,13H2,1-3H3. The van der Waals surface area contributed by atoms with E-state index in [0.29, 0.717) is 11.5 Å². The second-order valence-electron chi connectivity index (χ2n) is 5.82. The Hall–Kier alpha value is -0.0800. The minimum absolute atomic E-state index is 0.376. The lowest BCUT2D eigenvalue weighted by atomic mass is 9.86. The normalized spacial score (nSPS) is 25.3. The maximum absolute atomic E-state index is 6.11. The van der Waals surface area contributed by atoms with Gasteiger partial charge in [0.15, 0.2) is 0 Å². The van der Waals surface area contributed by atoms with Crippen LogP contribution in [0.15, 0.2) is 0 Å². The van der Waals surface area contributed by atoms with Crippen molar-refractivity contribution in [1.82, 2.24) is 0 Å². The second-order valence-corrected chi connectivity index (χ2v) is 5.82. The van der Waals surface area contributed by atoms with Crippen LogP contribution in [-0.2, 0) is 4.74 Å². The molecule has 2 atom stereocenters. The predicted molar refractivity (Wildman–Crippen MR) is 60.2 cm³/mol. The minimum atomic E-state index is 0.376. The van der Waals surface area contributed by atoms with Crippen LogP contribution >= 0.6 is 0 Å². The summed E-state index contributed by atoms with van der Waals surface area (Å²) in [4.78, 5) is 0. The van der Waals surface area contributed by atoms with E-state index in [-0.39, 0.29) is 0 Å². The second kappa shape index (κ2) is 5.13. The third-order valence-electron chi connectivity index (χ3n) is 2.93. The van der Waals surface area contributed by atoms with Crippen LogP contribution in [0.4, 0.5) is 0 Å². The molecule has 1 fully saturated rings. The van der Waals surface area contributed by atoms with Gasteiger partial charge in [0, 0.05) is 19.3 Å². The molecule has 2 heteroatoms. The minimum Gasteiger partial charge on any atom is -0.381 e. The molecule has 0 bridgehead atoms. The van der Waals surface area contributed by atoms with Gasteiger partial charge < -0.3 is 10.5 Å². The molecule has 2 nitrogen and oxygen atoms in total. The van der Waals surface area contributed by atoms with Gasteiger partial charge in [-0.3, -0.25) is 0 Å². The fraction of sp³-hybridized carbons (Fsp3) is 1.00. The number of rotatable bonds is 4. The molecule has 1 rings (SSSR count). The first-order valence-electron chi connectivity index (χ1n) is 5.81. The van der Waals surface area contributed by atoms with Crippen LogP contribution in [0, 0.1) is 11.3 Å². The summed E-state index contributed by atoms with van der Waals surface area (Å²) >= 11 is 0. The summed E-state index contributed by atoms with van der Waals surface area (Å²) in [5, 5.41) is 0. The molecule has 0 aromatic heterocycles. The summed E-state index contributed by atoms with van der Waals surface area (Å²) in [7, 11) is 0. The molecule has 14 heavy (non-hydrogen) atoms. The lowest BCUT2D eigenvalue weighted by Crippen LogP contribution is -2.25. The molecular weight excluding hydrogens is 174 g/mol. The molecule has 84 valence electrons. The van der Waals surface area contributed by atoms with E-state index < -0.39 is 0 Å². The van der Waals surface area contributed by atoms with E-state index in [0.717, 1.165) is 32.0 Å². The lowest BCUT2D eigenvalue weighted by molar-refractivity contribution is 0.181. The first kappa shape index (κ1) is 12.0. The summed E-state index contributed by atoms with van der Waals surface area (Å²) in [6, 6.07) is 0.376. The Labute approximate surface area is 88.2 Å². The van der Waals surface area contributed by atoms with Crippen molar-refractivity contribution >= 4 is 0 Å². The fourth-order valence-electron chi connectivity index (χ4n) is 1.93. The molecule has 2 unspecified atom stereocenters. The highest BCUT2D eigenvalue weighted by Gasteiger charge is 2.20. The monoisotopic (exact) mass is 199 g/mol. The zero-order chi connectivity index (χ0) is 10.6. The fourth-order valence-corrected chi connectivity index (χ4v) is 1.93. The van der Waals surface area contributed by atoms with Gasteiger partial charge in [-0.15, -0.1) is 0 Å². The maximum atomic E-state index is 6.11. The van der Waals surface area contributed by atoms with Crippen molar-refractivity contribution in [3.63, 3.8) is 0 Å². The Morgan fingerprint density at radius 2 is 2.14 bits per heavy atom. The molecule has 1 saturated heterocycles. The molecule has 1 aliphatic heterocycles. The lowest BCUT2D eigenvalue weighted by Gasteiger charge is -2.22. The molecule has 0 aromatic carbocycles. The van der Waals surface area contributed by atoms with Gasteiger partial charge in [-0.25, -0.2) is 0 Å². The van der Waals surface area contributed by atoms with Gasteiger partial charge in [-0.1, -0.05) is 20.8 Å². The predicted octanol–water partition coefficient (Wildman–Crippen LogP) is 2.57. The van der Waals surface area contributed by atoms with Crippen LogP contribution in [-0.4, -0.2) is 19.3 Å². The molecule has 0 spiro atoms. The zero-order valence-corrected chi connectivity index (χ0v) is 9.88. The van der Waals surface area contributed by atoms with E-state index in [1.807, 2.05) is 0 Å². The van der Waals surface area contributed by atoms with Crippen molar-refractivity contribution in [3.05, 3.63) is 0 Å². The molecule has 0 aromatic rings. The van der Waals surface area contributed by atoms with Gasteiger partial charge in [0.05, 0.1) is 0 Å². The van der Waals surface area contributed by atoms with Gasteiger partial charge in [0.25, 0.3) is 0 Å². The van der Waals surface area contributed by atoms with Crippen molar-refractivity contribution in [2.75, 3.05) is 13.2 Å². The van der Waals surface area contributed by atoms with Gasteiger partial charge in [0.2, 0.25) is 0 Å². The van der Waals surface area contributed by atoms with Crippen molar-refractivity contribution in [3.8, 4) is 0 Å². The Balaban J connectivity index is 2.12. The summed E-state index contributed by atoms with van der Waals surface area (Å²) in [5.41, 5.74) is 6.53. The summed E-state index contributed by atoms with van der Waals surface area (Å²) in [6.07, 6.45) is 4.74. The number of nitrogens with two attached hydrogens (primary N) is 1. The Morgan fingerprint density at radius 3 is 2.64 bits per heavy atom. The van der Waals surface area contributed by atoms with Crippen LogP contribution in [0.2, 0.25) is 0 Å². The van der Waals surface area contributed by atoms with Crippen LogP contribution in [0.3, 0.4) is 0 Å². The Kier molecular flexibility index (Phi) is 4.39. The van der Waals surface area contributed by atoms with Crippen molar-refractivity contribution in [2.45, 2.75) is 52.5 Å². The number of hydrogen-bond acceptors (Lipinski definition) is 2. The Morgan fingerprint density at radius 1 is 1.43 bits per heavy atom. The SMILES string of the molecule is CC(C)(C)CCC(N)CC1CCOC1. The molecule has 0 saturated carbocycles. The quantitative estimate of drug-likeness (QED) is 0.755. The van der Waals surface area contributed by atoms with E-state index in [4.69, 9.17) is 10.5 Å². The topological polar surface area (TPSA) is 35.2 Å². The van der Waals surface area contributed by atoms with Crippen molar-refractivity contribution in [2.24, 2.45) is 17.1 Å². The van der Waals surface area contributed by atoms with E-state index in [1.165, 1.54) is 12.8 Å². The number of ether oxygens (including phenoxy) is 1. The molecule has 0 amide bonds. The summed E-state index contributed by atoms with van der Waals surface area (Å²) in [5.74, 6) is 0.727. The first-order chi connectivity index (χ1) is 6.47. The van der Waals surface area contributed by atoms with Gasteiger partial charge in [-0.05, 0) is 37.0 Å². The van der Waals surface area contributed by atoms with Crippen molar-refractivity contribution in [1.29, 1.82) is 0 Å². The third-order valence-corrected chi connectivity index (χ3v) is 2.93. The summed E-state index contributed by atoms with van der Waals surface area (Å²) in [6.45, 7) is 8.70. The highest BCUT2D eigenvalue weighted by atomic mass is 16.5. The largest absolute Gasteiger partial charge is 0.381 e. The maximum Gasteiger partial charge on any atom is 0.0495 e. The van der Waals surface area contributed by atoms with Crippen LogP contribution in [0.5, 0.6) is 0 Å². The first-order valence-corrected chi connectivity index (χ1v) is 5.81.